The smallest absolute Gasteiger partial charge is 0.243 e. The number of hydrogen-bond acceptors (Lipinski definition) is 3. The predicted molar refractivity (Wildman–Crippen MR) is 113 cm³/mol. The lowest BCUT2D eigenvalue weighted by atomic mass is 9.87. The predicted octanol–water partition coefficient (Wildman–Crippen LogP) is 4.28. The molecule has 1 unspecified atom stereocenters. The highest BCUT2D eigenvalue weighted by Crippen LogP contribution is 2.34. The molecule has 6 heteroatoms. The van der Waals surface area contributed by atoms with E-state index >= 15 is 0 Å². The van der Waals surface area contributed by atoms with Crippen molar-refractivity contribution in [2.75, 3.05) is 13.1 Å². The van der Waals surface area contributed by atoms with Crippen LogP contribution in [0.1, 0.15) is 25.0 Å². The zero-order chi connectivity index (χ0) is 20.5. The summed E-state index contributed by atoms with van der Waals surface area (Å²) in [5.74, 6) is -0.337. The summed E-state index contributed by atoms with van der Waals surface area (Å²) in [6.45, 7) is 5.73. The Labute approximate surface area is 171 Å². The largest absolute Gasteiger partial charge is 0.390 e. The lowest BCUT2D eigenvalue weighted by Crippen LogP contribution is -2.35. The molecule has 0 radical (unpaired) electrons. The van der Waals surface area contributed by atoms with E-state index in [0.717, 1.165) is 16.7 Å². The molecule has 0 bridgehead atoms. The van der Waals surface area contributed by atoms with Gasteiger partial charge >= 0.3 is 0 Å². The van der Waals surface area contributed by atoms with Gasteiger partial charge in [0.15, 0.2) is 0 Å². The third-order valence-electron chi connectivity index (χ3n) is 4.96. The number of rotatable bonds is 4. The van der Waals surface area contributed by atoms with E-state index in [4.69, 9.17) is 11.6 Å². The van der Waals surface area contributed by atoms with Gasteiger partial charge in [0.2, 0.25) is 10.0 Å². The van der Waals surface area contributed by atoms with E-state index in [1.54, 1.807) is 56.3 Å². The SMILES string of the molecule is Cc1ccc(S(=O)(=O)N2CC(=C=Cc3ccc(Cl)cc3)C(C(C)(C)O)C2)cc1. The Balaban J connectivity index is 1.96. The summed E-state index contributed by atoms with van der Waals surface area (Å²) in [5, 5.41) is 11.2. The summed E-state index contributed by atoms with van der Waals surface area (Å²) in [4.78, 5) is 0.260. The van der Waals surface area contributed by atoms with Crippen LogP contribution in [-0.2, 0) is 10.0 Å². The van der Waals surface area contributed by atoms with Gasteiger partial charge in [-0.05, 0) is 62.2 Å². The highest BCUT2D eigenvalue weighted by atomic mass is 35.5. The van der Waals surface area contributed by atoms with Crippen molar-refractivity contribution < 1.29 is 13.5 Å². The maximum Gasteiger partial charge on any atom is 0.243 e. The van der Waals surface area contributed by atoms with E-state index in [-0.39, 0.29) is 23.9 Å². The highest BCUT2D eigenvalue weighted by Gasteiger charge is 2.42. The van der Waals surface area contributed by atoms with Crippen LogP contribution in [0.5, 0.6) is 0 Å². The first-order valence-electron chi connectivity index (χ1n) is 9.07. The minimum atomic E-state index is -3.64. The Morgan fingerprint density at radius 1 is 1.14 bits per heavy atom. The molecule has 2 aromatic rings. The Kier molecular flexibility index (Phi) is 5.85. The van der Waals surface area contributed by atoms with Gasteiger partial charge in [-0.15, -0.1) is 5.73 Å². The van der Waals surface area contributed by atoms with Crippen molar-refractivity contribution in [1.29, 1.82) is 0 Å². The van der Waals surface area contributed by atoms with Crippen molar-refractivity contribution in [3.63, 3.8) is 0 Å². The van der Waals surface area contributed by atoms with Gasteiger partial charge in [0.25, 0.3) is 0 Å². The summed E-state index contributed by atoms with van der Waals surface area (Å²) < 4.78 is 27.5. The first-order chi connectivity index (χ1) is 13.1. The number of hydrogen-bond donors (Lipinski definition) is 1. The molecule has 0 saturated carbocycles. The van der Waals surface area contributed by atoms with Gasteiger partial charge in [0.1, 0.15) is 0 Å². The van der Waals surface area contributed by atoms with Crippen LogP contribution in [0.15, 0.2) is 64.7 Å². The van der Waals surface area contributed by atoms with Crippen LogP contribution in [-0.4, -0.2) is 36.5 Å². The molecule has 0 aromatic heterocycles. The second-order valence-corrected chi connectivity index (χ2v) is 10.1. The third-order valence-corrected chi connectivity index (χ3v) is 7.04. The van der Waals surface area contributed by atoms with Gasteiger partial charge in [-0.3, -0.25) is 0 Å². The number of nitrogens with zero attached hydrogens (tertiary/aromatic N) is 1. The zero-order valence-electron chi connectivity index (χ0n) is 16.2. The van der Waals surface area contributed by atoms with Gasteiger partial charge in [0.05, 0.1) is 10.5 Å². The monoisotopic (exact) mass is 417 g/mol. The summed E-state index contributed by atoms with van der Waals surface area (Å²) in [6.07, 6.45) is 1.80. The molecule has 1 heterocycles. The summed E-state index contributed by atoms with van der Waals surface area (Å²) in [6, 6.07) is 14.1. The van der Waals surface area contributed by atoms with Gasteiger partial charge in [-0.25, -0.2) is 8.42 Å². The number of halogens is 1. The zero-order valence-corrected chi connectivity index (χ0v) is 17.8. The van der Waals surface area contributed by atoms with E-state index in [1.165, 1.54) is 4.31 Å². The Morgan fingerprint density at radius 3 is 2.32 bits per heavy atom. The average molecular weight is 418 g/mol. The van der Waals surface area contributed by atoms with E-state index < -0.39 is 15.6 Å². The Hall–Kier alpha value is -1.88. The molecule has 1 saturated heterocycles. The fraction of sp³-hybridized carbons (Fsp3) is 0.318. The first kappa shape index (κ1) is 20.8. The molecule has 1 aliphatic rings. The van der Waals surface area contributed by atoms with Crippen molar-refractivity contribution in [2.45, 2.75) is 31.3 Å². The van der Waals surface area contributed by atoms with Gasteiger partial charge in [-0.2, -0.15) is 4.31 Å². The minimum Gasteiger partial charge on any atom is -0.390 e. The maximum absolute atomic E-state index is 13.1. The number of sulfonamides is 1. The quantitative estimate of drug-likeness (QED) is 0.755. The lowest BCUT2D eigenvalue weighted by molar-refractivity contribution is 0.0367. The van der Waals surface area contributed by atoms with Crippen molar-refractivity contribution in [3.8, 4) is 0 Å². The van der Waals surface area contributed by atoms with Crippen molar-refractivity contribution in [3.05, 3.63) is 76.0 Å². The minimum absolute atomic E-state index is 0.203. The molecule has 4 nitrogen and oxygen atoms in total. The van der Waals surface area contributed by atoms with Crippen LogP contribution < -0.4 is 0 Å². The maximum atomic E-state index is 13.1. The lowest BCUT2D eigenvalue weighted by Gasteiger charge is -2.25. The van der Waals surface area contributed by atoms with Gasteiger partial charge < -0.3 is 5.11 Å². The molecule has 0 amide bonds. The summed E-state index contributed by atoms with van der Waals surface area (Å²) in [7, 11) is -3.64. The molecule has 28 heavy (non-hydrogen) atoms. The standard InChI is InChI=1S/C22H24ClNO3S/c1-16-4-12-20(13-5-16)28(26,27)24-14-18(21(15-24)22(2,3)25)9-6-17-7-10-19(23)11-8-17/h4-8,10-13,21,25H,14-15H2,1-3H3. The van der Waals surface area contributed by atoms with Crippen LogP contribution in [0, 0.1) is 12.8 Å². The van der Waals surface area contributed by atoms with E-state index in [0.29, 0.717) is 5.02 Å². The van der Waals surface area contributed by atoms with Crippen LogP contribution in [0.4, 0.5) is 0 Å². The van der Waals surface area contributed by atoms with Gasteiger partial charge in [0, 0.05) is 24.0 Å². The average Bonchev–Trinajstić information content (AvgIpc) is 3.07. The topological polar surface area (TPSA) is 57.6 Å². The number of aliphatic hydroxyl groups is 1. The molecule has 148 valence electrons. The van der Waals surface area contributed by atoms with Crippen LogP contribution >= 0.6 is 11.6 Å². The fourth-order valence-corrected chi connectivity index (χ4v) is 4.81. The molecule has 3 rings (SSSR count). The van der Waals surface area contributed by atoms with E-state index in [2.05, 4.69) is 5.73 Å². The van der Waals surface area contributed by atoms with Crippen LogP contribution in [0.3, 0.4) is 0 Å². The normalized spacial score (nSPS) is 18.2. The molecule has 1 atom stereocenters. The van der Waals surface area contributed by atoms with E-state index in [1.807, 2.05) is 19.1 Å². The van der Waals surface area contributed by atoms with Gasteiger partial charge in [-0.1, -0.05) is 41.4 Å². The molecule has 1 fully saturated rings. The molecular formula is C22H24ClNO3S. The third kappa shape index (κ3) is 4.57. The number of benzene rings is 2. The fourth-order valence-electron chi connectivity index (χ4n) is 3.25. The molecule has 0 spiro atoms. The molecule has 1 aliphatic heterocycles. The molecule has 1 N–H and O–H groups in total. The second-order valence-electron chi connectivity index (χ2n) is 7.68. The van der Waals surface area contributed by atoms with Crippen LogP contribution in [0.2, 0.25) is 5.02 Å². The van der Waals surface area contributed by atoms with Crippen LogP contribution in [0.25, 0.3) is 6.08 Å². The summed E-state index contributed by atoms with van der Waals surface area (Å²) in [5.41, 5.74) is 4.83. The van der Waals surface area contributed by atoms with Crippen molar-refractivity contribution >= 4 is 27.7 Å². The molecular weight excluding hydrogens is 394 g/mol. The number of aryl methyl sites for hydroxylation is 1. The summed E-state index contributed by atoms with van der Waals surface area (Å²) >= 11 is 5.91. The molecule has 2 aromatic carbocycles. The Morgan fingerprint density at radius 2 is 1.75 bits per heavy atom. The van der Waals surface area contributed by atoms with E-state index in [9.17, 15) is 13.5 Å². The van der Waals surface area contributed by atoms with Crippen molar-refractivity contribution in [2.24, 2.45) is 5.92 Å². The first-order valence-corrected chi connectivity index (χ1v) is 10.9. The molecule has 0 aliphatic carbocycles. The highest BCUT2D eigenvalue weighted by molar-refractivity contribution is 7.89. The van der Waals surface area contributed by atoms with Crippen molar-refractivity contribution in [1.82, 2.24) is 4.31 Å². The second kappa shape index (κ2) is 7.86. The Bertz CT molecular complexity index is 1010.